The van der Waals surface area contributed by atoms with Crippen LogP contribution in [-0.4, -0.2) is 22.2 Å². The van der Waals surface area contributed by atoms with Gasteiger partial charge in [0.25, 0.3) is 0 Å². The molecule has 4 nitrogen and oxygen atoms in total. The zero-order valence-electron chi connectivity index (χ0n) is 11.2. The van der Waals surface area contributed by atoms with Gasteiger partial charge in [-0.2, -0.15) is 0 Å². The second-order valence-corrected chi connectivity index (χ2v) is 4.11. The minimum atomic E-state index is -0.786. The summed E-state index contributed by atoms with van der Waals surface area (Å²) < 4.78 is 0. The van der Waals surface area contributed by atoms with Gasteiger partial charge in [0.05, 0.1) is 12.8 Å². The van der Waals surface area contributed by atoms with Crippen LogP contribution in [0.3, 0.4) is 0 Å². The van der Waals surface area contributed by atoms with Crippen LogP contribution < -0.4 is 0 Å². The van der Waals surface area contributed by atoms with E-state index in [1.165, 1.54) is 0 Å². The molecule has 0 radical (unpaired) electrons. The van der Waals surface area contributed by atoms with E-state index >= 15 is 0 Å². The fraction of sp³-hybridized carbons (Fsp3) is 0.125. The SMILES string of the molecule is O=C(O)Cc1ccccc1.O=C(O)Cc1ccccc1.[Ni]. The molecule has 2 N–H and O–H groups in total. The molecular weight excluding hydrogens is 315 g/mol. The van der Waals surface area contributed by atoms with Crippen molar-refractivity contribution in [3.8, 4) is 0 Å². The third kappa shape index (κ3) is 9.41. The van der Waals surface area contributed by atoms with Crippen LogP contribution in [0.2, 0.25) is 0 Å². The maximum absolute atomic E-state index is 10.2. The van der Waals surface area contributed by atoms with Crippen molar-refractivity contribution in [1.29, 1.82) is 0 Å². The topological polar surface area (TPSA) is 74.6 Å². The number of rotatable bonds is 4. The van der Waals surface area contributed by atoms with E-state index in [1.54, 1.807) is 24.3 Å². The predicted octanol–water partition coefficient (Wildman–Crippen LogP) is 2.62. The second kappa shape index (κ2) is 10.6. The van der Waals surface area contributed by atoms with E-state index in [1.807, 2.05) is 36.4 Å². The Labute approximate surface area is 133 Å². The summed E-state index contributed by atoms with van der Waals surface area (Å²) in [6.45, 7) is 0. The molecule has 0 aliphatic carbocycles. The van der Waals surface area contributed by atoms with E-state index in [0.29, 0.717) is 0 Å². The largest absolute Gasteiger partial charge is 0.481 e. The summed E-state index contributed by atoms with van der Waals surface area (Å²) in [7, 11) is 0. The molecule has 0 heterocycles. The van der Waals surface area contributed by atoms with E-state index in [4.69, 9.17) is 10.2 Å². The molecule has 0 fully saturated rings. The first-order valence-corrected chi connectivity index (χ1v) is 6.09. The van der Waals surface area contributed by atoms with Gasteiger partial charge in [-0.05, 0) is 11.1 Å². The Bertz CT molecular complexity index is 489. The van der Waals surface area contributed by atoms with Crippen LogP contribution in [0.15, 0.2) is 60.7 Å². The smallest absolute Gasteiger partial charge is 0.307 e. The van der Waals surface area contributed by atoms with Crippen LogP contribution in [0.5, 0.6) is 0 Å². The Morgan fingerprint density at radius 1 is 0.667 bits per heavy atom. The van der Waals surface area contributed by atoms with Gasteiger partial charge in [0.1, 0.15) is 0 Å². The average Bonchev–Trinajstić information content (AvgIpc) is 2.40. The number of carbonyl (C=O) groups is 2. The molecule has 0 spiro atoms. The van der Waals surface area contributed by atoms with E-state index in [0.717, 1.165) is 11.1 Å². The fourth-order valence-electron chi connectivity index (χ4n) is 1.54. The first-order chi connectivity index (χ1) is 9.58. The average molecular weight is 331 g/mol. The van der Waals surface area contributed by atoms with Crippen molar-refractivity contribution in [2.24, 2.45) is 0 Å². The van der Waals surface area contributed by atoms with Crippen molar-refractivity contribution < 1.29 is 36.3 Å². The van der Waals surface area contributed by atoms with Crippen molar-refractivity contribution >= 4 is 11.9 Å². The molecular formula is C16H16NiO4. The van der Waals surface area contributed by atoms with Gasteiger partial charge in [-0.1, -0.05) is 60.7 Å². The summed E-state index contributed by atoms with van der Waals surface area (Å²) >= 11 is 0. The number of carboxylic acids is 2. The van der Waals surface area contributed by atoms with Crippen LogP contribution in [0, 0.1) is 0 Å². The van der Waals surface area contributed by atoms with Gasteiger partial charge in [0, 0.05) is 16.5 Å². The third-order valence-corrected chi connectivity index (χ3v) is 2.40. The Morgan fingerprint density at radius 2 is 0.952 bits per heavy atom. The first kappa shape index (κ1) is 18.9. The molecule has 0 saturated carbocycles. The van der Waals surface area contributed by atoms with E-state index in [9.17, 15) is 9.59 Å². The summed E-state index contributed by atoms with van der Waals surface area (Å²) in [5.74, 6) is -1.57. The molecule has 0 unspecified atom stereocenters. The molecule has 0 saturated heterocycles. The molecule has 2 rings (SSSR count). The van der Waals surface area contributed by atoms with Crippen molar-refractivity contribution in [2.45, 2.75) is 12.8 Å². The number of hydrogen-bond donors (Lipinski definition) is 2. The van der Waals surface area contributed by atoms with Crippen molar-refractivity contribution in [2.75, 3.05) is 0 Å². The van der Waals surface area contributed by atoms with Gasteiger partial charge in [-0.15, -0.1) is 0 Å². The van der Waals surface area contributed by atoms with Crippen LogP contribution in [0.4, 0.5) is 0 Å². The number of hydrogen-bond acceptors (Lipinski definition) is 2. The van der Waals surface area contributed by atoms with Crippen LogP contribution in [0.1, 0.15) is 11.1 Å². The normalized spacial score (nSPS) is 8.76. The molecule has 0 aromatic heterocycles. The predicted molar refractivity (Wildman–Crippen MR) is 75.6 cm³/mol. The monoisotopic (exact) mass is 330 g/mol. The van der Waals surface area contributed by atoms with E-state index < -0.39 is 11.9 Å². The first-order valence-electron chi connectivity index (χ1n) is 6.09. The molecule has 114 valence electrons. The summed E-state index contributed by atoms with van der Waals surface area (Å²) in [5, 5.41) is 16.7. The van der Waals surface area contributed by atoms with Crippen LogP contribution in [-0.2, 0) is 38.9 Å². The van der Waals surface area contributed by atoms with E-state index in [-0.39, 0.29) is 29.3 Å². The van der Waals surface area contributed by atoms with Crippen molar-refractivity contribution in [3.63, 3.8) is 0 Å². The molecule has 2 aromatic rings. The Balaban J connectivity index is 0.000000364. The molecule has 0 amide bonds. The standard InChI is InChI=1S/2C8H8O2.Ni/c2*9-8(10)6-7-4-2-1-3-5-7;/h2*1-5H,6H2,(H,9,10);. The summed E-state index contributed by atoms with van der Waals surface area (Å²) in [6, 6.07) is 18.3. The van der Waals surface area contributed by atoms with Crippen LogP contribution in [0.25, 0.3) is 0 Å². The minimum absolute atomic E-state index is 0. The maximum Gasteiger partial charge on any atom is 0.307 e. The van der Waals surface area contributed by atoms with Gasteiger partial charge in [0.15, 0.2) is 0 Å². The summed E-state index contributed by atoms with van der Waals surface area (Å²) in [5.41, 5.74) is 1.69. The van der Waals surface area contributed by atoms with Gasteiger partial charge < -0.3 is 10.2 Å². The third-order valence-electron chi connectivity index (χ3n) is 2.40. The van der Waals surface area contributed by atoms with Gasteiger partial charge >= 0.3 is 11.9 Å². The zero-order chi connectivity index (χ0) is 14.8. The van der Waals surface area contributed by atoms with Gasteiger partial charge in [-0.25, -0.2) is 0 Å². The number of carboxylic acid groups (broad SMARTS) is 2. The van der Waals surface area contributed by atoms with Crippen molar-refractivity contribution in [1.82, 2.24) is 0 Å². The second-order valence-electron chi connectivity index (χ2n) is 4.11. The Hall–Kier alpha value is -2.13. The maximum atomic E-state index is 10.2. The molecule has 0 aliphatic rings. The quantitative estimate of drug-likeness (QED) is 0.845. The molecule has 21 heavy (non-hydrogen) atoms. The van der Waals surface area contributed by atoms with E-state index in [2.05, 4.69) is 0 Å². The molecule has 0 bridgehead atoms. The van der Waals surface area contributed by atoms with Crippen LogP contribution >= 0.6 is 0 Å². The van der Waals surface area contributed by atoms with Gasteiger partial charge in [-0.3, -0.25) is 9.59 Å². The number of aliphatic carboxylic acids is 2. The Morgan fingerprint density at radius 3 is 1.19 bits per heavy atom. The summed E-state index contributed by atoms with van der Waals surface area (Å²) in [4.78, 5) is 20.3. The molecule has 0 atom stereocenters. The zero-order valence-corrected chi connectivity index (χ0v) is 12.2. The minimum Gasteiger partial charge on any atom is -0.481 e. The fourth-order valence-corrected chi connectivity index (χ4v) is 1.54. The number of benzene rings is 2. The molecule has 0 aliphatic heterocycles. The van der Waals surface area contributed by atoms with Gasteiger partial charge in [0.2, 0.25) is 0 Å². The van der Waals surface area contributed by atoms with Crippen molar-refractivity contribution in [3.05, 3.63) is 71.8 Å². The Kier molecular flexibility index (Phi) is 9.56. The molecule has 2 aromatic carbocycles. The molecule has 5 heteroatoms. The summed E-state index contributed by atoms with van der Waals surface area (Å²) in [6.07, 6.45) is 0.224.